The number of amides is 2. The van der Waals surface area contributed by atoms with Gasteiger partial charge in [-0.15, -0.1) is 0 Å². The van der Waals surface area contributed by atoms with Crippen LogP contribution in [0, 0.1) is 5.82 Å². The number of rotatable bonds is 7. The fraction of sp³-hybridized carbons (Fsp3) is 0.360. The Kier molecular flexibility index (Phi) is 8.52. The highest BCUT2D eigenvalue weighted by Crippen LogP contribution is 2.32. The standard InChI is InChI=1S/C25H27F4N5O2S/c1-5-6-13-34-23(37-22(33-34)24(2,3)4)30-21(36)18-14-16(25(27,28)29)9-12-19(18)31-32-20(35)15-7-10-17(26)11-8-15/h7-12,14,31H,5-6,13H2,1-4H3,(H,32,35)/b30-23-. The number of nitrogens with one attached hydrogen (secondary N) is 2. The molecule has 0 saturated heterocycles. The van der Waals surface area contributed by atoms with E-state index in [1.807, 2.05) is 27.7 Å². The van der Waals surface area contributed by atoms with E-state index in [2.05, 4.69) is 20.9 Å². The van der Waals surface area contributed by atoms with Gasteiger partial charge in [-0.25, -0.2) is 9.07 Å². The van der Waals surface area contributed by atoms with Crippen LogP contribution in [-0.4, -0.2) is 21.6 Å². The second-order valence-corrected chi connectivity index (χ2v) is 10.2. The lowest BCUT2D eigenvalue weighted by atomic mass is 9.98. The van der Waals surface area contributed by atoms with Crippen molar-refractivity contribution in [3.63, 3.8) is 0 Å². The Labute approximate surface area is 215 Å². The number of unbranched alkanes of at least 4 members (excludes halogenated alkanes) is 1. The molecule has 2 aromatic carbocycles. The highest BCUT2D eigenvalue weighted by atomic mass is 32.1. The summed E-state index contributed by atoms with van der Waals surface area (Å²) in [5.41, 5.74) is 3.08. The average Bonchev–Trinajstić information content (AvgIpc) is 3.24. The quantitative estimate of drug-likeness (QED) is 0.299. The molecular weight excluding hydrogens is 510 g/mol. The molecule has 3 aromatic rings. The molecule has 12 heteroatoms. The molecule has 198 valence electrons. The number of aromatic nitrogens is 2. The van der Waals surface area contributed by atoms with Gasteiger partial charge in [-0.3, -0.25) is 20.4 Å². The normalized spacial score (nSPS) is 12.5. The first-order valence-corrected chi connectivity index (χ1v) is 12.3. The van der Waals surface area contributed by atoms with Crippen molar-refractivity contribution in [2.24, 2.45) is 4.99 Å². The molecule has 1 aromatic heterocycles. The van der Waals surface area contributed by atoms with Gasteiger partial charge in [0.05, 0.1) is 16.8 Å². The Morgan fingerprint density at radius 2 is 1.76 bits per heavy atom. The number of halogens is 4. The predicted molar refractivity (Wildman–Crippen MR) is 133 cm³/mol. The first-order chi connectivity index (χ1) is 17.3. The van der Waals surface area contributed by atoms with Crippen LogP contribution in [0.15, 0.2) is 47.5 Å². The first kappa shape index (κ1) is 28.0. The Hall–Kier alpha value is -3.54. The van der Waals surface area contributed by atoms with Crippen LogP contribution >= 0.6 is 11.3 Å². The fourth-order valence-electron chi connectivity index (χ4n) is 3.10. The Bertz CT molecular complexity index is 1340. The van der Waals surface area contributed by atoms with E-state index in [4.69, 9.17) is 0 Å². The minimum atomic E-state index is -4.70. The molecule has 2 amide bonds. The molecule has 3 rings (SSSR count). The topological polar surface area (TPSA) is 88.4 Å². The van der Waals surface area contributed by atoms with Crippen molar-refractivity contribution in [3.05, 3.63) is 74.8 Å². The lowest BCUT2D eigenvalue weighted by Gasteiger charge is -2.14. The number of hydrazine groups is 1. The highest BCUT2D eigenvalue weighted by Gasteiger charge is 2.32. The van der Waals surface area contributed by atoms with Crippen LogP contribution in [0.5, 0.6) is 0 Å². The van der Waals surface area contributed by atoms with E-state index < -0.39 is 29.4 Å². The van der Waals surface area contributed by atoms with E-state index in [9.17, 15) is 27.2 Å². The van der Waals surface area contributed by atoms with Crippen LogP contribution in [0.25, 0.3) is 0 Å². The van der Waals surface area contributed by atoms with Gasteiger partial charge in [0.25, 0.3) is 11.8 Å². The Morgan fingerprint density at radius 1 is 1.08 bits per heavy atom. The van der Waals surface area contributed by atoms with E-state index >= 15 is 0 Å². The molecule has 0 fully saturated rings. The SMILES string of the molecule is CCCCn1nc(C(C)(C)C)s/c1=N\C(=O)c1cc(C(F)(F)F)ccc1NNC(=O)c1ccc(F)cc1. The van der Waals surface area contributed by atoms with E-state index in [-0.39, 0.29) is 27.0 Å². The number of anilines is 1. The lowest BCUT2D eigenvalue weighted by Crippen LogP contribution is -2.30. The third-order valence-corrected chi connectivity index (χ3v) is 6.55. The zero-order chi connectivity index (χ0) is 27.4. The van der Waals surface area contributed by atoms with Crippen molar-refractivity contribution in [2.75, 3.05) is 5.43 Å². The second-order valence-electron chi connectivity index (χ2n) is 9.28. The summed E-state index contributed by atoms with van der Waals surface area (Å²) in [6.45, 7) is 8.37. The molecule has 1 heterocycles. The molecule has 0 bridgehead atoms. The second kappa shape index (κ2) is 11.2. The number of aryl methyl sites for hydroxylation is 1. The van der Waals surface area contributed by atoms with Crippen molar-refractivity contribution >= 4 is 28.8 Å². The summed E-state index contributed by atoms with van der Waals surface area (Å²) in [6, 6.07) is 7.17. The van der Waals surface area contributed by atoms with E-state index in [1.54, 1.807) is 4.68 Å². The summed E-state index contributed by atoms with van der Waals surface area (Å²) in [6.07, 6.45) is -3.05. The van der Waals surface area contributed by atoms with Crippen molar-refractivity contribution in [1.29, 1.82) is 0 Å². The van der Waals surface area contributed by atoms with Gasteiger partial charge in [-0.1, -0.05) is 45.5 Å². The zero-order valence-electron chi connectivity index (χ0n) is 20.7. The van der Waals surface area contributed by atoms with Crippen LogP contribution in [0.3, 0.4) is 0 Å². The van der Waals surface area contributed by atoms with E-state index in [1.165, 1.54) is 23.5 Å². The molecule has 7 nitrogen and oxygen atoms in total. The maximum Gasteiger partial charge on any atom is 0.416 e. The minimum Gasteiger partial charge on any atom is -0.298 e. The maximum absolute atomic E-state index is 13.4. The molecule has 0 aliphatic heterocycles. The molecule has 0 unspecified atom stereocenters. The van der Waals surface area contributed by atoms with Gasteiger partial charge in [0.2, 0.25) is 4.80 Å². The largest absolute Gasteiger partial charge is 0.416 e. The number of alkyl halides is 3. The zero-order valence-corrected chi connectivity index (χ0v) is 21.6. The van der Waals surface area contributed by atoms with Gasteiger partial charge in [0, 0.05) is 17.5 Å². The van der Waals surface area contributed by atoms with Crippen LogP contribution in [0.2, 0.25) is 0 Å². The molecule has 0 aliphatic carbocycles. The van der Waals surface area contributed by atoms with Crippen LogP contribution in [0.1, 0.15) is 71.8 Å². The molecule has 0 spiro atoms. The third kappa shape index (κ3) is 7.25. The van der Waals surface area contributed by atoms with Crippen LogP contribution < -0.4 is 15.7 Å². The number of carbonyl (C=O) groups excluding carboxylic acids is 2. The summed E-state index contributed by atoms with van der Waals surface area (Å²) >= 11 is 1.19. The number of benzene rings is 2. The Balaban J connectivity index is 2.00. The summed E-state index contributed by atoms with van der Waals surface area (Å²) in [4.78, 5) is 29.9. The van der Waals surface area contributed by atoms with Crippen molar-refractivity contribution in [1.82, 2.24) is 15.2 Å². The highest BCUT2D eigenvalue weighted by molar-refractivity contribution is 7.09. The first-order valence-electron chi connectivity index (χ1n) is 11.5. The number of hydrogen-bond donors (Lipinski definition) is 2. The molecule has 2 N–H and O–H groups in total. The maximum atomic E-state index is 13.4. The number of hydrogen-bond acceptors (Lipinski definition) is 5. The van der Waals surface area contributed by atoms with Gasteiger partial charge >= 0.3 is 6.18 Å². The predicted octanol–water partition coefficient (Wildman–Crippen LogP) is 5.70. The monoisotopic (exact) mass is 537 g/mol. The summed E-state index contributed by atoms with van der Waals surface area (Å²) in [7, 11) is 0. The van der Waals surface area contributed by atoms with E-state index in [0.29, 0.717) is 12.6 Å². The smallest absolute Gasteiger partial charge is 0.298 e. The van der Waals surface area contributed by atoms with Gasteiger partial charge in [0.1, 0.15) is 10.8 Å². The fourth-order valence-corrected chi connectivity index (χ4v) is 4.08. The molecular formula is C25H27F4N5O2S. The van der Waals surface area contributed by atoms with Gasteiger partial charge in [0.15, 0.2) is 0 Å². The van der Waals surface area contributed by atoms with Gasteiger partial charge in [-0.05, 0) is 48.9 Å². The Morgan fingerprint density at radius 3 is 2.35 bits per heavy atom. The van der Waals surface area contributed by atoms with Crippen LogP contribution in [0.4, 0.5) is 23.2 Å². The minimum absolute atomic E-state index is 0.0853. The summed E-state index contributed by atoms with van der Waals surface area (Å²) < 4.78 is 55.0. The summed E-state index contributed by atoms with van der Waals surface area (Å²) in [5, 5.41) is 5.28. The van der Waals surface area contributed by atoms with Gasteiger partial charge in [-0.2, -0.15) is 23.3 Å². The van der Waals surface area contributed by atoms with Crippen LogP contribution in [-0.2, 0) is 18.1 Å². The number of carbonyl (C=O) groups is 2. The molecule has 37 heavy (non-hydrogen) atoms. The van der Waals surface area contributed by atoms with Gasteiger partial charge < -0.3 is 0 Å². The molecule has 0 atom stereocenters. The third-order valence-electron chi connectivity index (χ3n) is 5.18. The van der Waals surface area contributed by atoms with Crippen molar-refractivity contribution in [2.45, 2.75) is 58.7 Å². The molecule has 0 aliphatic rings. The van der Waals surface area contributed by atoms with Crippen molar-refractivity contribution < 1.29 is 27.2 Å². The number of nitrogens with zero attached hydrogens (tertiary/aromatic N) is 3. The van der Waals surface area contributed by atoms with Crippen molar-refractivity contribution in [3.8, 4) is 0 Å². The lowest BCUT2D eigenvalue weighted by molar-refractivity contribution is -0.137. The molecule has 0 saturated carbocycles. The molecule has 0 radical (unpaired) electrons. The summed E-state index contributed by atoms with van der Waals surface area (Å²) in [5.74, 6) is -2.14. The van der Waals surface area contributed by atoms with E-state index in [0.717, 1.165) is 42.1 Å². The average molecular weight is 538 g/mol.